The number of alkyl halides is 1. The Kier molecular flexibility index (Phi) is 1.29. The van der Waals surface area contributed by atoms with Gasteiger partial charge in [-0.25, -0.2) is 0 Å². The Morgan fingerprint density at radius 3 is 2.64 bits per heavy atom. The zero-order valence-electron chi connectivity index (χ0n) is 6.28. The molecule has 1 saturated carbocycles. The van der Waals surface area contributed by atoms with E-state index in [1.807, 2.05) is 0 Å². The predicted octanol–water partition coefficient (Wildman–Crippen LogP) is 2.80. The van der Waals surface area contributed by atoms with Gasteiger partial charge in [0, 0.05) is 3.92 Å². The lowest BCUT2D eigenvalue weighted by Crippen LogP contribution is -2.19. The third kappa shape index (κ3) is 0.754. The second kappa shape index (κ2) is 2.12. The number of allylic oxidation sites excluding steroid dienone is 4. The number of halogens is 1. The van der Waals surface area contributed by atoms with Crippen LogP contribution in [0.1, 0.15) is 6.42 Å². The molecule has 0 amide bonds. The number of hydrogen-bond donors (Lipinski definition) is 0. The van der Waals surface area contributed by atoms with E-state index in [1.165, 1.54) is 6.42 Å². The lowest BCUT2D eigenvalue weighted by Gasteiger charge is -2.22. The van der Waals surface area contributed by atoms with Gasteiger partial charge in [-0.2, -0.15) is 0 Å². The molecule has 0 aromatic heterocycles. The summed E-state index contributed by atoms with van der Waals surface area (Å²) >= 11 is 2.59. The molecule has 3 rings (SSSR count). The van der Waals surface area contributed by atoms with Crippen molar-refractivity contribution in [3.8, 4) is 0 Å². The summed E-state index contributed by atoms with van der Waals surface area (Å²) in [6.07, 6.45) is 11.2. The van der Waals surface area contributed by atoms with Crippen molar-refractivity contribution in [3.05, 3.63) is 24.3 Å². The molecule has 5 unspecified atom stereocenters. The van der Waals surface area contributed by atoms with Crippen molar-refractivity contribution in [2.24, 2.45) is 23.7 Å². The monoisotopic (exact) mass is 258 g/mol. The minimum absolute atomic E-state index is 0.817. The zero-order chi connectivity index (χ0) is 7.42. The van der Waals surface area contributed by atoms with Crippen molar-refractivity contribution in [2.45, 2.75) is 10.3 Å². The molecule has 11 heavy (non-hydrogen) atoms. The summed E-state index contributed by atoms with van der Waals surface area (Å²) in [7, 11) is 0. The van der Waals surface area contributed by atoms with Gasteiger partial charge in [-0.15, -0.1) is 0 Å². The van der Waals surface area contributed by atoms with Crippen LogP contribution in [0.15, 0.2) is 24.3 Å². The molecular weight excluding hydrogens is 247 g/mol. The molecule has 1 heteroatoms. The summed E-state index contributed by atoms with van der Waals surface area (Å²) in [6, 6.07) is 0. The quantitative estimate of drug-likeness (QED) is 0.356. The smallest absolute Gasteiger partial charge is 0.0329 e. The van der Waals surface area contributed by atoms with E-state index in [9.17, 15) is 0 Å². The molecule has 5 atom stereocenters. The second-order valence-electron chi connectivity index (χ2n) is 3.93. The SMILES string of the molecule is IC1C=CC2C3C=CC(C3)C12. The van der Waals surface area contributed by atoms with E-state index in [0.29, 0.717) is 0 Å². The molecule has 0 nitrogen and oxygen atoms in total. The fourth-order valence-corrected chi connectivity index (χ4v) is 4.23. The van der Waals surface area contributed by atoms with Crippen LogP contribution in [-0.2, 0) is 0 Å². The number of hydrogen-bond acceptors (Lipinski definition) is 0. The van der Waals surface area contributed by atoms with E-state index in [2.05, 4.69) is 46.9 Å². The van der Waals surface area contributed by atoms with Gasteiger partial charge < -0.3 is 0 Å². The van der Waals surface area contributed by atoms with Crippen LogP contribution in [0.5, 0.6) is 0 Å². The van der Waals surface area contributed by atoms with Gasteiger partial charge in [0.05, 0.1) is 0 Å². The minimum atomic E-state index is 0.817. The van der Waals surface area contributed by atoms with Crippen LogP contribution in [0, 0.1) is 23.7 Å². The maximum atomic E-state index is 2.59. The van der Waals surface area contributed by atoms with Crippen LogP contribution in [0.4, 0.5) is 0 Å². The molecule has 0 heterocycles. The normalized spacial score (nSPS) is 57.4. The first kappa shape index (κ1) is 6.70. The zero-order valence-corrected chi connectivity index (χ0v) is 8.44. The van der Waals surface area contributed by atoms with E-state index in [1.54, 1.807) is 0 Å². The maximum absolute atomic E-state index is 2.59. The van der Waals surface area contributed by atoms with Gasteiger partial charge in [0.1, 0.15) is 0 Å². The molecule has 1 fully saturated rings. The van der Waals surface area contributed by atoms with Crippen LogP contribution < -0.4 is 0 Å². The Hall–Kier alpha value is 0.210. The average molecular weight is 258 g/mol. The molecule has 58 valence electrons. The molecule has 3 aliphatic carbocycles. The van der Waals surface area contributed by atoms with Gasteiger partial charge in [-0.05, 0) is 30.1 Å². The van der Waals surface area contributed by atoms with Gasteiger partial charge in [-0.1, -0.05) is 46.9 Å². The summed E-state index contributed by atoms with van der Waals surface area (Å²) in [5, 5.41) is 0. The fourth-order valence-electron chi connectivity index (χ4n) is 2.98. The molecule has 0 saturated heterocycles. The van der Waals surface area contributed by atoms with Gasteiger partial charge in [0.2, 0.25) is 0 Å². The van der Waals surface area contributed by atoms with E-state index in [0.717, 1.165) is 27.6 Å². The van der Waals surface area contributed by atoms with Crippen molar-refractivity contribution >= 4 is 22.6 Å². The first-order chi connectivity index (χ1) is 5.36. The Morgan fingerprint density at radius 2 is 1.82 bits per heavy atom. The first-order valence-electron chi connectivity index (χ1n) is 4.37. The van der Waals surface area contributed by atoms with Crippen LogP contribution in [0.25, 0.3) is 0 Å². The van der Waals surface area contributed by atoms with E-state index < -0.39 is 0 Å². The van der Waals surface area contributed by atoms with Crippen molar-refractivity contribution in [2.75, 3.05) is 0 Å². The standard InChI is InChI=1S/C10H11I/c11-9-4-3-8-6-1-2-7(5-6)10(8)9/h1-4,6-10H,5H2. The average Bonchev–Trinajstić information content (AvgIpc) is 2.60. The Labute approximate surface area is 80.9 Å². The molecule has 3 aliphatic rings. The molecule has 2 bridgehead atoms. The molecule has 0 spiro atoms. The Morgan fingerprint density at radius 1 is 1.00 bits per heavy atom. The van der Waals surface area contributed by atoms with Crippen LogP contribution in [-0.4, -0.2) is 3.92 Å². The highest BCUT2D eigenvalue weighted by Crippen LogP contribution is 2.54. The molecule has 0 aromatic carbocycles. The highest BCUT2D eigenvalue weighted by atomic mass is 127. The molecule has 0 N–H and O–H groups in total. The largest absolute Gasteiger partial charge is 0.0847 e. The highest BCUT2D eigenvalue weighted by molar-refractivity contribution is 14.1. The van der Waals surface area contributed by atoms with Crippen LogP contribution >= 0.6 is 22.6 Å². The Balaban J connectivity index is 2.02. The van der Waals surface area contributed by atoms with Gasteiger partial charge in [-0.3, -0.25) is 0 Å². The van der Waals surface area contributed by atoms with E-state index in [4.69, 9.17) is 0 Å². The van der Waals surface area contributed by atoms with Crippen molar-refractivity contribution in [1.82, 2.24) is 0 Å². The van der Waals surface area contributed by atoms with Gasteiger partial charge in [0.15, 0.2) is 0 Å². The molecule has 0 aliphatic heterocycles. The van der Waals surface area contributed by atoms with E-state index >= 15 is 0 Å². The summed E-state index contributed by atoms with van der Waals surface area (Å²) in [5.74, 6) is 3.69. The Bertz CT molecular complexity index is 241. The van der Waals surface area contributed by atoms with Gasteiger partial charge >= 0.3 is 0 Å². The van der Waals surface area contributed by atoms with Gasteiger partial charge in [0.25, 0.3) is 0 Å². The summed E-state index contributed by atoms with van der Waals surface area (Å²) in [5.41, 5.74) is 0. The third-order valence-corrected chi connectivity index (χ3v) is 4.71. The molecule has 0 aromatic rings. The lowest BCUT2D eigenvalue weighted by atomic mass is 9.86. The second-order valence-corrected chi connectivity index (χ2v) is 5.37. The summed E-state index contributed by atoms with van der Waals surface area (Å²) in [4.78, 5) is 0. The van der Waals surface area contributed by atoms with E-state index in [-0.39, 0.29) is 0 Å². The van der Waals surface area contributed by atoms with Crippen LogP contribution in [0.3, 0.4) is 0 Å². The minimum Gasteiger partial charge on any atom is -0.0847 e. The summed E-state index contributed by atoms with van der Waals surface area (Å²) in [6.45, 7) is 0. The van der Waals surface area contributed by atoms with Crippen LogP contribution in [0.2, 0.25) is 0 Å². The predicted molar refractivity (Wildman–Crippen MR) is 54.7 cm³/mol. The maximum Gasteiger partial charge on any atom is 0.0329 e. The summed E-state index contributed by atoms with van der Waals surface area (Å²) < 4.78 is 0.817. The first-order valence-corrected chi connectivity index (χ1v) is 5.61. The number of rotatable bonds is 0. The van der Waals surface area contributed by atoms with Crippen molar-refractivity contribution in [1.29, 1.82) is 0 Å². The number of fused-ring (bicyclic) bond motifs is 5. The molecular formula is C10H11I. The fraction of sp³-hybridized carbons (Fsp3) is 0.600. The highest BCUT2D eigenvalue weighted by Gasteiger charge is 2.47. The lowest BCUT2D eigenvalue weighted by molar-refractivity contribution is 0.412. The third-order valence-electron chi connectivity index (χ3n) is 3.47. The topological polar surface area (TPSA) is 0 Å². The van der Waals surface area contributed by atoms with Crippen molar-refractivity contribution in [3.63, 3.8) is 0 Å². The van der Waals surface area contributed by atoms with Crippen molar-refractivity contribution < 1.29 is 0 Å². The molecule has 0 radical (unpaired) electrons.